The molecule has 0 bridgehead atoms. The number of hydrogen-bond acceptors (Lipinski definition) is 2. The fourth-order valence-electron chi connectivity index (χ4n) is 2.42. The molecule has 0 saturated carbocycles. The maximum atomic E-state index is 11.0. The Morgan fingerprint density at radius 2 is 1.69 bits per heavy atom. The number of benzene rings is 1. The monoisotopic (exact) mass is 219 g/mol. The molecule has 1 aliphatic rings. The number of carbonyl (C=O) groups is 1. The van der Waals surface area contributed by atoms with E-state index in [1.54, 1.807) is 0 Å². The Bertz CT molecular complexity index is 441. The molecule has 3 heteroatoms. The maximum Gasteiger partial charge on any atom is 0.326 e. The minimum Gasteiger partial charge on any atom is -0.480 e. The number of aliphatic carboxylic acids is 1. The molecule has 1 heterocycles. The molecule has 0 aliphatic carbocycles. The molecule has 1 aliphatic heterocycles. The molecule has 0 unspecified atom stereocenters. The third-order valence-corrected chi connectivity index (χ3v) is 3.84. The second-order valence-electron chi connectivity index (χ2n) is 4.59. The standard InChI is InChI=1S/C13H17NO2/c1-6-7(2)9(4)12-10(8(6)3)5-11(14-12)13(15)16/h11,14H,5H2,1-4H3,(H,15,16)/t11-/m0/s1. The Hall–Kier alpha value is -1.51. The van der Waals surface area contributed by atoms with Crippen LogP contribution in [0.15, 0.2) is 0 Å². The van der Waals surface area contributed by atoms with Gasteiger partial charge in [0.25, 0.3) is 0 Å². The number of hydrogen-bond donors (Lipinski definition) is 2. The van der Waals surface area contributed by atoms with Gasteiger partial charge in [-0.15, -0.1) is 0 Å². The lowest BCUT2D eigenvalue weighted by Crippen LogP contribution is -2.26. The van der Waals surface area contributed by atoms with Crippen LogP contribution in [0.25, 0.3) is 0 Å². The van der Waals surface area contributed by atoms with Crippen LogP contribution in [-0.4, -0.2) is 17.1 Å². The molecule has 0 amide bonds. The molecule has 2 N–H and O–H groups in total. The molecule has 0 spiro atoms. The smallest absolute Gasteiger partial charge is 0.326 e. The van der Waals surface area contributed by atoms with Gasteiger partial charge in [0.2, 0.25) is 0 Å². The number of rotatable bonds is 1. The zero-order valence-corrected chi connectivity index (χ0v) is 10.1. The van der Waals surface area contributed by atoms with Crippen LogP contribution >= 0.6 is 0 Å². The van der Waals surface area contributed by atoms with E-state index in [9.17, 15) is 4.79 Å². The van der Waals surface area contributed by atoms with Gasteiger partial charge in [-0.3, -0.25) is 0 Å². The Kier molecular flexibility index (Phi) is 2.41. The van der Waals surface area contributed by atoms with Crippen LogP contribution in [0.2, 0.25) is 0 Å². The van der Waals surface area contributed by atoms with E-state index in [1.807, 2.05) is 0 Å². The fourth-order valence-corrected chi connectivity index (χ4v) is 2.42. The summed E-state index contributed by atoms with van der Waals surface area (Å²) in [5, 5.41) is 12.2. The number of anilines is 1. The van der Waals surface area contributed by atoms with Crippen molar-refractivity contribution in [3.05, 3.63) is 27.8 Å². The van der Waals surface area contributed by atoms with E-state index < -0.39 is 12.0 Å². The van der Waals surface area contributed by atoms with Crippen LogP contribution in [-0.2, 0) is 11.2 Å². The predicted molar refractivity (Wildman–Crippen MR) is 64.1 cm³/mol. The quantitative estimate of drug-likeness (QED) is 0.762. The Morgan fingerprint density at radius 3 is 2.25 bits per heavy atom. The van der Waals surface area contributed by atoms with Gasteiger partial charge in [-0.1, -0.05) is 0 Å². The molecule has 0 fully saturated rings. The summed E-state index contributed by atoms with van der Waals surface area (Å²) in [6.07, 6.45) is 0.596. The van der Waals surface area contributed by atoms with E-state index in [0.717, 1.165) is 5.69 Å². The first-order valence-corrected chi connectivity index (χ1v) is 5.52. The summed E-state index contributed by atoms with van der Waals surface area (Å²) in [7, 11) is 0. The van der Waals surface area contributed by atoms with Crippen molar-refractivity contribution in [3.8, 4) is 0 Å². The highest BCUT2D eigenvalue weighted by atomic mass is 16.4. The topological polar surface area (TPSA) is 49.3 Å². The fraction of sp³-hybridized carbons (Fsp3) is 0.462. The predicted octanol–water partition coefficient (Wildman–Crippen LogP) is 2.34. The lowest BCUT2D eigenvalue weighted by Gasteiger charge is -2.15. The van der Waals surface area contributed by atoms with Gasteiger partial charge < -0.3 is 10.4 Å². The van der Waals surface area contributed by atoms with Gasteiger partial charge >= 0.3 is 5.97 Å². The molecular formula is C13H17NO2. The van der Waals surface area contributed by atoms with Crippen molar-refractivity contribution in [1.29, 1.82) is 0 Å². The molecule has 86 valence electrons. The first kappa shape index (κ1) is 11.0. The van der Waals surface area contributed by atoms with Crippen LogP contribution in [0, 0.1) is 27.7 Å². The average molecular weight is 219 g/mol. The Morgan fingerprint density at radius 1 is 1.12 bits per heavy atom. The number of carboxylic acid groups (broad SMARTS) is 1. The summed E-state index contributed by atoms with van der Waals surface area (Å²) in [5.41, 5.74) is 7.16. The Balaban J connectivity index is 2.57. The highest BCUT2D eigenvalue weighted by molar-refractivity contribution is 5.83. The van der Waals surface area contributed by atoms with Gasteiger partial charge in [-0.2, -0.15) is 0 Å². The molecule has 0 aromatic heterocycles. The zero-order valence-electron chi connectivity index (χ0n) is 10.1. The molecule has 1 atom stereocenters. The summed E-state index contributed by atoms with van der Waals surface area (Å²) in [5.74, 6) is -0.773. The van der Waals surface area contributed by atoms with E-state index in [4.69, 9.17) is 5.11 Å². The van der Waals surface area contributed by atoms with Gasteiger partial charge in [0, 0.05) is 12.1 Å². The van der Waals surface area contributed by atoms with Crippen molar-refractivity contribution in [2.45, 2.75) is 40.2 Å². The molecule has 1 aromatic rings. The van der Waals surface area contributed by atoms with Crippen LogP contribution in [0.5, 0.6) is 0 Å². The van der Waals surface area contributed by atoms with Crippen LogP contribution < -0.4 is 5.32 Å². The first-order valence-electron chi connectivity index (χ1n) is 5.52. The van der Waals surface area contributed by atoms with Crippen LogP contribution in [0.4, 0.5) is 5.69 Å². The third-order valence-electron chi connectivity index (χ3n) is 3.84. The second kappa shape index (κ2) is 3.51. The van der Waals surface area contributed by atoms with E-state index in [0.29, 0.717) is 6.42 Å². The summed E-state index contributed by atoms with van der Waals surface area (Å²) in [4.78, 5) is 11.0. The highest BCUT2D eigenvalue weighted by Crippen LogP contribution is 2.36. The van der Waals surface area contributed by atoms with Gasteiger partial charge in [-0.25, -0.2) is 4.79 Å². The van der Waals surface area contributed by atoms with Crippen LogP contribution in [0.3, 0.4) is 0 Å². The molecule has 0 radical (unpaired) electrons. The number of carboxylic acids is 1. The minimum atomic E-state index is -0.773. The molecule has 16 heavy (non-hydrogen) atoms. The number of nitrogens with one attached hydrogen (secondary N) is 1. The summed E-state index contributed by atoms with van der Waals surface area (Å²) in [6, 6.07) is -0.464. The maximum absolute atomic E-state index is 11.0. The summed E-state index contributed by atoms with van der Waals surface area (Å²) < 4.78 is 0. The van der Waals surface area contributed by atoms with E-state index in [2.05, 4.69) is 33.0 Å². The van der Waals surface area contributed by atoms with Gasteiger partial charge in [0.15, 0.2) is 0 Å². The molecule has 2 rings (SSSR count). The van der Waals surface area contributed by atoms with E-state index in [-0.39, 0.29) is 0 Å². The summed E-state index contributed by atoms with van der Waals surface area (Å²) in [6.45, 7) is 8.32. The van der Waals surface area contributed by atoms with Gasteiger partial charge in [-0.05, 0) is 55.5 Å². The normalized spacial score (nSPS) is 18.1. The lowest BCUT2D eigenvalue weighted by molar-refractivity contribution is -0.137. The van der Waals surface area contributed by atoms with Gasteiger partial charge in [0.1, 0.15) is 6.04 Å². The second-order valence-corrected chi connectivity index (χ2v) is 4.59. The molecule has 3 nitrogen and oxygen atoms in total. The number of fused-ring (bicyclic) bond motifs is 1. The average Bonchev–Trinajstić information content (AvgIpc) is 2.68. The van der Waals surface area contributed by atoms with Crippen molar-refractivity contribution >= 4 is 11.7 Å². The first-order chi connectivity index (χ1) is 7.43. The van der Waals surface area contributed by atoms with Gasteiger partial charge in [0.05, 0.1) is 0 Å². The molecular weight excluding hydrogens is 202 g/mol. The Labute approximate surface area is 95.5 Å². The highest BCUT2D eigenvalue weighted by Gasteiger charge is 2.30. The molecule has 1 aromatic carbocycles. The minimum absolute atomic E-state index is 0.464. The van der Waals surface area contributed by atoms with Crippen molar-refractivity contribution in [1.82, 2.24) is 0 Å². The van der Waals surface area contributed by atoms with Crippen molar-refractivity contribution in [3.63, 3.8) is 0 Å². The molecule has 0 saturated heterocycles. The van der Waals surface area contributed by atoms with E-state index >= 15 is 0 Å². The lowest BCUT2D eigenvalue weighted by atomic mass is 9.92. The SMILES string of the molecule is Cc1c(C)c(C)c2c(c1C)C[C@@H](C(=O)O)N2. The van der Waals surface area contributed by atoms with Crippen molar-refractivity contribution in [2.24, 2.45) is 0 Å². The largest absolute Gasteiger partial charge is 0.480 e. The van der Waals surface area contributed by atoms with E-state index in [1.165, 1.54) is 27.8 Å². The third kappa shape index (κ3) is 1.39. The van der Waals surface area contributed by atoms with Crippen molar-refractivity contribution < 1.29 is 9.90 Å². The van der Waals surface area contributed by atoms with Crippen molar-refractivity contribution in [2.75, 3.05) is 5.32 Å². The zero-order chi connectivity index (χ0) is 12.0. The summed E-state index contributed by atoms with van der Waals surface area (Å²) >= 11 is 0. The van der Waals surface area contributed by atoms with Crippen LogP contribution in [0.1, 0.15) is 27.8 Å².